The molecular weight excluding hydrogens is 160 g/mol. The van der Waals surface area contributed by atoms with Crippen LogP contribution in [0.15, 0.2) is 35.6 Å². The minimum Gasteiger partial charge on any atom is -0.875 e. The van der Waals surface area contributed by atoms with Crippen molar-refractivity contribution in [3.63, 3.8) is 0 Å². The fourth-order valence-electron chi connectivity index (χ4n) is 2.14. The van der Waals surface area contributed by atoms with Gasteiger partial charge >= 0.3 is 0 Å². The predicted molar refractivity (Wildman–Crippen MR) is 51.9 cm³/mol. The SMILES string of the molecule is [O-]C(=C1C=CC=C1)C1CCCCC1. The molecule has 1 saturated carbocycles. The smallest absolute Gasteiger partial charge is 0.0300 e. The van der Waals surface area contributed by atoms with Gasteiger partial charge in [0.2, 0.25) is 0 Å². The molecule has 2 aliphatic carbocycles. The van der Waals surface area contributed by atoms with Crippen LogP contribution in [0, 0.1) is 5.92 Å². The molecule has 2 aliphatic rings. The monoisotopic (exact) mass is 175 g/mol. The Morgan fingerprint density at radius 3 is 2.31 bits per heavy atom. The summed E-state index contributed by atoms with van der Waals surface area (Å²) in [5, 5.41) is 11.9. The Morgan fingerprint density at radius 1 is 1.08 bits per heavy atom. The third-order valence-corrected chi connectivity index (χ3v) is 2.92. The lowest BCUT2D eigenvalue weighted by molar-refractivity contribution is -0.317. The maximum Gasteiger partial charge on any atom is -0.0300 e. The molecule has 0 amide bonds. The summed E-state index contributed by atoms with van der Waals surface area (Å²) in [6, 6.07) is 0. The van der Waals surface area contributed by atoms with Crippen LogP contribution >= 0.6 is 0 Å². The highest BCUT2D eigenvalue weighted by Crippen LogP contribution is 2.29. The Hall–Kier alpha value is -0.980. The molecule has 0 radical (unpaired) electrons. The summed E-state index contributed by atoms with van der Waals surface area (Å²) in [6.45, 7) is 0. The van der Waals surface area contributed by atoms with Crippen molar-refractivity contribution in [3.8, 4) is 0 Å². The van der Waals surface area contributed by atoms with Gasteiger partial charge in [0.05, 0.1) is 0 Å². The average molecular weight is 175 g/mol. The molecule has 0 saturated heterocycles. The maximum atomic E-state index is 11.9. The zero-order valence-electron chi connectivity index (χ0n) is 7.83. The molecule has 2 rings (SSSR count). The minimum atomic E-state index is 0.316. The van der Waals surface area contributed by atoms with Gasteiger partial charge in [-0.05, 0) is 24.3 Å². The fraction of sp³-hybridized carbons (Fsp3) is 0.500. The van der Waals surface area contributed by atoms with E-state index in [1.165, 1.54) is 19.3 Å². The molecule has 1 nitrogen and oxygen atoms in total. The predicted octanol–water partition coefficient (Wildman–Crippen LogP) is 2.31. The van der Waals surface area contributed by atoms with Crippen molar-refractivity contribution in [1.29, 1.82) is 0 Å². The van der Waals surface area contributed by atoms with Crippen molar-refractivity contribution in [1.82, 2.24) is 0 Å². The van der Waals surface area contributed by atoms with Gasteiger partial charge in [0.25, 0.3) is 0 Å². The molecule has 0 N–H and O–H groups in total. The summed E-state index contributed by atoms with van der Waals surface area (Å²) in [5.74, 6) is 0.681. The third kappa shape index (κ3) is 1.85. The Kier molecular flexibility index (Phi) is 2.53. The van der Waals surface area contributed by atoms with E-state index in [2.05, 4.69) is 0 Å². The van der Waals surface area contributed by atoms with E-state index in [9.17, 15) is 5.11 Å². The standard InChI is InChI=1S/C12H16O/c13-12(11-8-4-5-9-11)10-6-2-1-3-7-10/h4-5,8-10,13H,1-3,6-7H2/p-1. The van der Waals surface area contributed by atoms with Gasteiger partial charge in [0.1, 0.15) is 0 Å². The first-order valence-corrected chi connectivity index (χ1v) is 5.14. The first kappa shape index (κ1) is 8.61. The topological polar surface area (TPSA) is 23.1 Å². The second kappa shape index (κ2) is 3.82. The Morgan fingerprint density at radius 2 is 1.69 bits per heavy atom. The van der Waals surface area contributed by atoms with Crippen molar-refractivity contribution < 1.29 is 5.11 Å². The first-order valence-electron chi connectivity index (χ1n) is 5.14. The normalized spacial score (nSPS) is 22.6. The van der Waals surface area contributed by atoms with Crippen LogP contribution < -0.4 is 5.11 Å². The summed E-state index contributed by atoms with van der Waals surface area (Å²) in [5.41, 5.74) is 0.909. The number of rotatable bonds is 1. The van der Waals surface area contributed by atoms with Crippen LogP contribution in [0.3, 0.4) is 0 Å². The van der Waals surface area contributed by atoms with Crippen LogP contribution in [0.2, 0.25) is 0 Å². The van der Waals surface area contributed by atoms with E-state index in [0.29, 0.717) is 11.7 Å². The van der Waals surface area contributed by atoms with Gasteiger partial charge in [-0.3, -0.25) is 0 Å². The fourth-order valence-corrected chi connectivity index (χ4v) is 2.14. The second-order valence-electron chi connectivity index (χ2n) is 3.87. The number of allylic oxidation sites excluding steroid dienone is 6. The lowest BCUT2D eigenvalue weighted by atomic mass is 9.86. The number of hydrogen-bond donors (Lipinski definition) is 0. The highest BCUT2D eigenvalue weighted by Gasteiger charge is 2.13. The van der Waals surface area contributed by atoms with E-state index in [1.54, 1.807) is 0 Å². The van der Waals surface area contributed by atoms with Gasteiger partial charge in [-0.15, -0.1) is 5.76 Å². The quantitative estimate of drug-likeness (QED) is 0.561. The van der Waals surface area contributed by atoms with Crippen LogP contribution in [-0.4, -0.2) is 0 Å². The minimum absolute atomic E-state index is 0.316. The Bertz CT molecular complexity index is 251. The van der Waals surface area contributed by atoms with Crippen molar-refractivity contribution in [2.75, 3.05) is 0 Å². The van der Waals surface area contributed by atoms with Crippen molar-refractivity contribution in [2.24, 2.45) is 5.92 Å². The van der Waals surface area contributed by atoms with Gasteiger partial charge in [-0.2, -0.15) is 0 Å². The van der Waals surface area contributed by atoms with Gasteiger partial charge in [-0.25, -0.2) is 0 Å². The highest BCUT2D eigenvalue weighted by molar-refractivity contribution is 5.41. The third-order valence-electron chi connectivity index (χ3n) is 2.92. The molecule has 0 spiro atoms. The summed E-state index contributed by atoms with van der Waals surface area (Å²) >= 11 is 0. The zero-order valence-corrected chi connectivity index (χ0v) is 7.83. The molecule has 70 valence electrons. The van der Waals surface area contributed by atoms with Crippen LogP contribution in [0.1, 0.15) is 32.1 Å². The van der Waals surface area contributed by atoms with E-state index < -0.39 is 0 Å². The van der Waals surface area contributed by atoms with E-state index in [-0.39, 0.29) is 0 Å². The Labute approximate surface area is 79.5 Å². The maximum absolute atomic E-state index is 11.9. The van der Waals surface area contributed by atoms with Crippen LogP contribution in [0.5, 0.6) is 0 Å². The lowest BCUT2D eigenvalue weighted by Crippen LogP contribution is -2.19. The summed E-state index contributed by atoms with van der Waals surface area (Å²) in [4.78, 5) is 0. The van der Waals surface area contributed by atoms with E-state index in [0.717, 1.165) is 18.4 Å². The molecule has 0 aromatic carbocycles. The van der Waals surface area contributed by atoms with E-state index in [4.69, 9.17) is 0 Å². The molecule has 13 heavy (non-hydrogen) atoms. The average Bonchev–Trinajstić information content (AvgIpc) is 2.71. The first-order chi connectivity index (χ1) is 6.38. The van der Waals surface area contributed by atoms with E-state index in [1.807, 2.05) is 24.3 Å². The van der Waals surface area contributed by atoms with Crippen molar-refractivity contribution in [2.45, 2.75) is 32.1 Å². The Balaban J connectivity index is 2.10. The van der Waals surface area contributed by atoms with Crippen LogP contribution in [-0.2, 0) is 0 Å². The van der Waals surface area contributed by atoms with Crippen molar-refractivity contribution in [3.05, 3.63) is 35.6 Å². The lowest BCUT2D eigenvalue weighted by Gasteiger charge is -2.29. The molecule has 0 heterocycles. The summed E-state index contributed by atoms with van der Waals surface area (Å²) in [7, 11) is 0. The molecule has 1 fully saturated rings. The summed E-state index contributed by atoms with van der Waals surface area (Å²) < 4.78 is 0. The molecule has 0 unspecified atom stereocenters. The summed E-state index contributed by atoms with van der Waals surface area (Å²) in [6.07, 6.45) is 13.7. The van der Waals surface area contributed by atoms with Gasteiger partial charge in [0, 0.05) is 0 Å². The molecule has 0 aliphatic heterocycles. The molecule has 1 heteroatoms. The largest absolute Gasteiger partial charge is 0.875 e. The van der Waals surface area contributed by atoms with Gasteiger partial charge < -0.3 is 5.11 Å². The van der Waals surface area contributed by atoms with Crippen LogP contribution in [0.4, 0.5) is 0 Å². The van der Waals surface area contributed by atoms with Gasteiger partial charge in [0.15, 0.2) is 0 Å². The van der Waals surface area contributed by atoms with E-state index >= 15 is 0 Å². The highest BCUT2D eigenvalue weighted by atomic mass is 16.3. The number of hydrogen-bond acceptors (Lipinski definition) is 1. The van der Waals surface area contributed by atoms with Crippen molar-refractivity contribution >= 4 is 0 Å². The molecule has 0 aromatic rings. The molecule has 0 bridgehead atoms. The molecular formula is C12H15O-. The zero-order chi connectivity index (χ0) is 9.10. The van der Waals surface area contributed by atoms with Crippen LogP contribution in [0.25, 0.3) is 0 Å². The molecule has 0 atom stereocenters. The van der Waals surface area contributed by atoms with Gasteiger partial charge in [-0.1, -0.05) is 43.6 Å². The second-order valence-corrected chi connectivity index (χ2v) is 3.87. The molecule has 0 aromatic heterocycles.